The number of aromatic hydroxyl groups is 3. The van der Waals surface area contributed by atoms with Gasteiger partial charge in [0.25, 0.3) is 0 Å². The van der Waals surface area contributed by atoms with Crippen LogP contribution >= 0.6 is 0 Å². The number of phenolic OH excluding ortho intramolecular Hbond substituents is 3. The lowest BCUT2D eigenvalue weighted by Crippen LogP contribution is -2.02. The number of hydrogen-bond acceptors (Lipinski definition) is 5. The Morgan fingerprint density at radius 2 is 1.68 bits per heavy atom. The number of carboxylic acid groups (broad SMARTS) is 1. The fourth-order valence-corrected chi connectivity index (χ4v) is 1.57. The highest BCUT2D eigenvalue weighted by atomic mass is 16.4. The maximum Gasteiger partial charge on any atom is 0.337 e. The zero-order chi connectivity index (χ0) is 14.0. The third kappa shape index (κ3) is 2.68. The molecule has 6 heteroatoms. The Morgan fingerprint density at radius 3 is 2.32 bits per heavy atom. The molecule has 19 heavy (non-hydrogen) atoms. The lowest BCUT2D eigenvalue weighted by molar-refractivity contribution is 0.0697. The van der Waals surface area contributed by atoms with E-state index in [2.05, 4.69) is 5.32 Å². The SMILES string of the molecule is O=C(O)c1cc(O)ccc1Nc1ccc(O)c(O)c1. The van der Waals surface area contributed by atoms with E-state index < -0.39 is 5.97 Å². The second-order valence-corrected chi connectivity index (χ2v) is 3.86. The maximum absolute atomic E-state index is 11.0. The summed E-state index contributed by atoms with van der Waals surface area (Å²) in [4.78, 5) is 11.0. The molecule has 98 valence electrons. The molecule has 0 radical (unpaired) electrons. The highest BCUT2D eigenvalue weighted by Crippen LogP contribution is 2.30. The van der Waals surface area contributed by atoms with Crippen LogP contribution in [0.5, 0.6) is 17.2 Å². The second kappa shape index (κ2) is 4.77. The van der Waals surface area contributed by atoms with Crippen LogP contribution in [-0.2, 0) is 0 Å². The number of anilines is 2. The molecule has 2 aromatic rings. The van der Waals surface area contributed by atoms with Gasteiger partial charge < -0.3 is 25.7 Å². The molecule has 0 fully saturated rings. The largest absolute Gasteiger partial charge is 0.508 e. The summed E-state index contributed by atoms with van der Waals surface area (Å²) < 4.78 is 0. The van der Waals surface area contributed by atoms with Crippen molar-refractivity contribution in [2.24, 2.45) is 0 Å². The molecule has 0 saturated carbocycles. The molecule has 2 aromatic carbocycles. The molecular formula is C13H11NO5. The van der Waals surface area contributed by atoms with Gasteiger partial charge in [-0.15, -0.1) is 0 Å². The van der Waals surface area contributed by atoms with Crippen LogP contribution in [0.3, 0.4) is 0 Å². The molecule has 0 aromatic heterocycles. The van der Waals surface area contributed by atoms with Crippen LogP contribution in [0.15, 0.2) is 36.4 Å². The zero-order valence-electron chi connectivity index (χ0n) is 9.66. The number of aromatic carboxylic acids is 1. The minimum atomic E-state index is -1.19. The number of carbonyl (C=O) groups is 1. The summed E-state index contributed by atoms with van der Waals surface area (Å²) in [5.74, 6) is -1.94. The van der Waals surface area contributed by atoms with Crippen LogP contribution < -0.4 is 5.32 Å². The van der Waals surface area contributed by atoms with Gasteiger partial charge in [-0.3, -0.25) is 0 Å². The summed E-state index contributed by atoms with van der Waals surface area (Å²) >= 11 is 0. The van der Waals surface area contributed by atoms with Gasteiger partial charge in [-0.25, -0.2) is 4.79 Å². The van der Waals surface area contributed by atoms with E-state index in [1.54, 1.807) is 0 Å². The van der Waals surface area contributed by atoms with Gasteiger partial charge in [0.2, 0.25) is 0 Å². The van der Waals surface area contributed by atoms with Gasteiger partial charge in [0.05, 0.1) is 11.3 Å². The summed E-state index contributed by atoms with van der Waals surface area (Å²) in [7, 11) is 0. The molecular weight excluding hydrogens is 250 g/mol. The number of hydrogen-bond donors (Lipinski definition) is 5. The predicted octanol–water partition coefficient (Wildman–Crippen LogP) is 2.25. The van der Waals surface area contributed by atoms with Crippen molar-refractivity contribution in [3.05, 3.63) is 42.0 Å². The van der Waals surface area contributed by atoms with Gasteiger partial charge in [0.1, 0.15) is 5.75 Å². The van der Waals surface area contributed by atoms with E-state index in [1.807, 2.05) is 0 Å². The molecule has 0 heterocycles. The van der Waals surface area contributed by atoms with Crippen LogP contribution in [0, 0.1) is 0 Å². The monoisotopic (exact) mass is 261 g/mol. The molecule has 5 N–H and O–H groups in total. The van der Waals surface area contributed by atoms with E-state index in [9.17, 15) is 20.1 Å². The molecule has 0 spiro atoms. The first-order chi connectivity index (χ1) is 8.97. The first-order valence-corrected chi connectivity index (χ1v) is 5.32. The third-order valence-electron chi connectivity index (χ3n) is 2.49. The summed E-state index contributed by atoms with van der Waals surface area (Å²) in [6.45, 7) is 0. The van der Waals surface area contributed by atoms with E-state index in [0.717, 1.165) is 6.07 Å². The molecule has 6 nitrogen and oxygen atoms in total. The predicted molar refractivity (Wildman–Crippen MR) is 68.1 cm³/mol. The standard InChI is InChI=1S/C13H11NO5/c15-8-2-3-10(9(6-8)13(18)19)14-7-1-4-11(16)12(17)5-7/h1-6,14-17H,(H,18,19). The minimum absolute atomic E-state index is 0.104. The van der Waals surface area contributed by atoms with Crippen LogP contribution in [0.1, 0.15) is 10.4 Å². The Balaban J connectivity index is 2.37. The third-order valence-corrected chi connectivity index (χ3v) is 2.49. The van der Waals surface area contributed by atoms with Crippen molar-refractivity contribution in [2.45, 2.75) is 0 Å². The Bertz CT molecular complexity index is 639. The number of phenols is 3. The lowest BCUT2D eigenvalue weighted by atomic mass is 10.1. The van der Waals surface area contributed by atoms with Crippen molar-refractivity contribution in [1.82, 2.24) is 0 Å². The second-order valence-electron chi connectivity index (χ2n) is 3.86. The van der Waals surface area contributed by atoms with Crippen LogP contribution in [0.2, 0.25) is 0 Å². The first kappa shape index (κ1) is 12.6. The fourth-order valence-electron chi connectivity index (χ4n) is 1.57. The zero-order valence-corrected chi connectivity index (χ0v) is 9.66. The average molecular weight is 261 g/mol. The van der Waals surface area contributed by atoms with E-state index >= 15 is 0 Å². The highest BCUT2D eigenvalue weighted by molar-refractivity contribution is 5.95. The molecule has 2 rings (SSSR count). The molecule has 0 unspecified atom stereocenters. The Hall–Kier alpha value is -2.89. The quantitative estimate of drug-likeness (QED) is 0.428. The summed E-state index contributed by atoms with van der Waals surface area (Å²) in [5, 5.41) is 39.6. The molecule has 0 amide bonds. The van der Waals surface area contributed by atoms with Crippen molar-refractivity contribution in [3.8, 4) is 17.2 Å². The van der Waals surface area contributed by atoms with Crippen molar-refractivity contribution in [1.29, 1.82) is 0 Å². The van der Waals surface area contributed by atoms with Gasteiger partial charge in [-0.1, -0.05) is 0 Å². The topological polar surface area (TPSA) is 110 Å². The van der Waals surface area contributed by atoms with Gasteiger partial charge in [-0.05, 0) is 30.3 Å². The number of benzene rings is 2. The molecule has 0 atom stereocenters. The van der Waals surface area contributed by atoms with Crippen molar-refractivity contribution in [3.63, 3.8) is 0 Å². The minimum Gasteiger partial charge on any atom is -0.508 e. The normalized spacial score (nSPS) is 10.1. The Kier molecular flexibility index (Phi) is 3.15. The van der Waals surface area contributed by atoms with E-state index in [-0.39, 0.29) is 28.5 Å². The number of carboxylic acids is 1. The van der Waals surface area contributed by atoms with Crippen molar-refractivity contribution >= 4 is 17.3 Å². The lowest BCUT2D eigenvalue weighted by Gasteiger charge is -2.10. The van der Waals surface area contributed by atoms with Crippen LogP contribution in [0.25, 0.3) is 0 Å². The summed E-state index contributed by atoms with van der Waals surface area (Å²) in [6.07, 6.45) is 0. The molecule has 0 aliphatic rings. The molecule has 0 saturated heterocycles. The van der Waals surface area contributed by atoms with Crippen LogP contribution in [-0.4, -0.2) is 26.4 Å². The fraction of sp³-hybridized carbons (Fsp3) is 0. The van der Waals surface area contributed by atoms with Crippen molar-refractivity contribution < 1.29 is 25.2 Å². The van der Waals surface area contributed by atoms with Gasteiger partial charge in [0, 0.05) is 11.8 Å². The van der Waals surface area contributed by atoms with E-state index in [1.165, 1.54) is 30.3 Å². The maximum atomic E-state index is 11.0. The smallest absolute Gasteiger partial charge is 0.337 e. The molecule has 0 aliphatic heterocycles. The van der Waals surface area contributed by atoms with Gasteiger partial charge >= 0.3 is 5.97 Å². The Labute approximate surface area is 108 Å². The van der Waals surface area contributed by atoms with E-state index in [4.69, 9.17) is 5.11 Å². The average Bonchev–Trinajstić information content (AvgIpc) is 2.36. The van der Waals surface area contributed by atoms with Gasteiger partial charge in [-0.2, -0.15) is 0 Å². The molecule has 0 bridgehead atoms. The van der Waals surface area contributed by atoms with Gasteiger partial charge in [0.15, 0.2) is 11.5 Å². The summed E-state index contributed by atoms with van der Waals surface area (Å²) in [6, 6.07) is 7.88. The highest BCUT2D eigenvalue weighted by Gasteiger charge is 2.11. The molecule has 0 aliphatic carbocycles. The van der Waals surface area contributed by atoms with Crippen molar-refractivity contribution in [2.75, 3.05) is 5.32 Å². The first-order valence-electron chi connectivity index (χ1n) is 5.32. The Morgan fingerprint density at radius 1 is 0.947 bits per heavy atom. The number of nitrogens with one attached hydrogen (secondary N) is 1. The summed E-state index contributed by atoms with van der Waals surface area (Å²) in [5.41, 5.74) is 0.562. The van der Waals surface area contributed by atoms with Crippen LogP contribution in [0.4, 0.5) is 11.4 Å². The van der Waals surface area contributed by atoms with E-state index in [0.29, 0.717) is 5.69 Å². The number of rotatable bonds is 3.